The van der Waals surface area contributed by atoms with Crippen LogP contribution in [-0.4, -0.2) is 68.0 Å². The molecule has 1 amide bonds. The molecule has 38 heavy (non-hydrogen) atoms. The topological polar surface area (TPSA) is 131 Å². The van der Waals surface area contributed by atoms with Crippen LogP contribution < -0.4 is 11.1 Å². The van der Waals surface area contributed by atoms with Crippen LogP contribution in [0.2, 0.25) is 0 Å². The molecule has 1 aliphatic heterocycles. The van der Waals surface area contributed by atoms with Crippen molar-refractivity contribution in [2.75, 3.05) is 25.4 Å². The highest BCUT2D eigenvalue weighted by atomic mass is 32.2. The van der Waals surface area contributed by atoms with E-state index in [1.807, 2.05) is 44.2 Å². The lowest BCUT2D eigenvalue weighted by molar-refractivity contribution is 0.0554. The van der Waals surface area contributed by atoms with E-state index in [9.17, 15) is 18.3 Å². The van der Waals surface area contributed by atoms with Crippen molar-refractivity contribution >= 4 is 21.8 Å². The van der Waals surface area contributed by atoms with Gasteiger partial charge in [0.05, 0.1) is 23.1 Å². The summed E-state index contributed by atoms with van der Waals surface area (Å²) < 4.78 is 39.7. The Morgan fingerprint density at radius 1 is 1.13 bits per heavy atom. The second-order valence-corrected chi connectivity index (χ2v) is 12.7. The predicted molar refractivity (Wildman–Crippen MR) is 145 cm³/mol. The Bertz CT molecular complexity index is 1150. The first-order valence-corrected chi connectivity index (χ1v) is 14.7. The van der Waals surface area contributed by atoms with Crippen LogP contribution in [0.1, 0.15) is 38.7 Å². The zero-order valence-electron chi connectivity index (χ0n) is 22.0. The van der Waals surface area contributed by atoms with Crippen molar-refractivity contribution in [1.82, 2.24) is 9.62 Å². The van der Waals surface area contributed by atoms with Gasteiger partial charge in [0.25, 0.3) is 0 Å². The van der Waals surface area contributed by atoms with Gasteiger partial charge in [0, 0.05) is 31.8 Å². The smallest absolute Gasteiger partial charge is 0.407 e. The van der Waals surface area contributed by atoms with Gasteiger partial charge in [-0.15, -0.1) is 0 Å². The van der Waals surface area contributed by atoms with E-state index in [2.05, 4.69) is 5.32 Å². The van der Waals surface area contributed by atoms with Gasteiger partial charge in [-0.3, -0.25) is 0 Å². The molecule has 5 atom stereocenters. The number of ether oxygens (including phenoxy) is 2. The lowest BCUT2D eigenvalue weighted by Crippen LogP contribution is -2.51. The highest BCUT2D eigenvalue weighted by Crippen LogP contribution is 2.37. The molecule has 2 aromatic carbocycles. The lowest BCUT2D eigenvalue weighted by Gasteiger charge is -2.31. The third kappa shape index (κ3) is 7.25. The van der Waals surface area contributed by atoms with Gasteiger partial charge < -0.3 is 25.6 Å². The fourth-order valence-electron chi connectivity index (χ4n) is 5.30. The number of carbonyl (C=O) groups is 1. The van der Waals surface area contributed by atoms with E-state index in [-0.39, 0.29) is 36.1 Å². The molecule has 2 unspecified atom stereocenters. The number of alkyl carbamates (subject to hydrolysis) is 1. The number of aliphatic hydroxyl groups excluding tert-OH is 1. The zero-order valence-corrected chi connectivity index (χ0v) is 22.8. The summed E-state index contributed by atoms with van der Waals surface area (Å²) in [4.78, 5) is 13.0. The Balaban J connectivity index is 1.49. The molecule has 2 aromatic rings. The van der Waals surface area contributed by atoms with Crippen LogP contribution in [0, 0.1) is 11.8 Å². The first-order valence-electron chi connectivity index (χ1n) is 13.3. The van der Waals surface area contributed by atoms with E-state index < -0.39 is 28.3 Å². The highest BCUT2D eigenvalue weighted by molar-refractivity contribution is 7.89. The van der Waals surface area contributed by atoms with E-state index in [1.165, 1.54) is 28.6 Å². The third-order valence-corrected chi connectivity index (χ3v) is 9.07. The van der Waals surface area contributed by atoms with E-state index in [0.717, 1.165) is 25.0 Å². The first-order chi connectivity index (χ1) is 18.1. The number of nitrogens with two attached hydrogens (primary N) is 1. The number of hydrogen-bond acceptors (Lipinski definition) is 7. The van der Waals surface area contributed by atoms with Crippen molar-refractivity contribution in [3.05, 3.63) is 60.2 Å². The van der Waals surface area contributed by atoms with Gasteiger partial charge in [-0.25, -0.2) is 13.2 Å². The number of nitrogen functional groups attached to an aromatic ring is 1. The molecule has 2 aliphatic rings. The molecule has 4 rings (SSSR count). The van der Waals surface area contributed by atoms with Gasteiger partial charge in [-0.05, 0) is 60.9 Å². The van der Waals surface area contributed by atoms with E-state index in [4.69, 9.17) is 15.2 Å². The Hall–Kier alpha value is -2.66. The van der Waals surface area contributed by atoms with Crippen LogP contribution in [0.25, 0.3) is 0 Å². The molecule has 4 N–H and O–H groups in total. The van der Waals surface area contributed by atoms with E-state index in [0.29, 0.717) is 24.4 Å². The zero-order chi connectivity index (χ0) is 27.3. The second kappa shape index (κ2) is 12.5. The molecule has 0 radical (unpaired) electrons. The normalized spacial score (nSPS) is 22.8. The second-order valence-electron chi connectivity index (χ2n) is 10.7. The SMILES string of the molecule is CC(C)CN(CC(O)C(Cc1ccccc1)NC(=O)O[C@@H]1C[C@@H]2CCO[C@@H]2C1)S(=O)(=O)c1ccc(N)cc1. The number of hydrogen-bond donors (Lipinski definition) is 3. The number of rotatable bonds is 11. The maximum absolute atomic E-state index is 13.5. The van der Waals surface area contributed by atoms with Crippen LogP contribution in [-0.2, 0) is 25.9 Å². The first kappa shape index (κ1) is 28.4. The van der Waals surface area contributed by atoms with Crippen molar-refractivity contribution in [1.29, 1.82) is 0 Å². The van der Waals surface area contributed by atoms with Crippen LogP contribution in [0.5, 0.6) is 0 Å². The van der Waals surface area contributed by atoms with Crippen LogP contribution in [0.4, 0.5) is 10.5 Å². The summed E-state index contributed by atoms with van der Waals surface area (Å²) in [6.45, 7) is 4.60. The minimum Gasteiger partial charge on any atom is -0.446 e. The molecule has 10 heteroatoms. The molecule has 0 bridgehead atoms. The molecule has 1 aliphatic carbocycles. The van der Waals surface area contributed by atoms with Gasteiger partial charge in [-0.2, -0.15) is 4.31 Å². The maximum Gasteiger partial charge on any atom is 0.407 e. The number of carbonyl (C=O) groups excluding carboxylic acids is 1. The number of nitrogens with one attached hydrogen (secondary N) is 1. The number of sulfonamides is 1. The number of benzene rings is 2. The third-order valence-electron chi connectivity index (χ3n) is 7.22. The number of nitrogens with zero attached hydrogens (tertiary/aromatic N) is 1. The fourth-order valence-corrected chi connectivity index (χ4v) is 6.92. The molecule has 1 heterocycles. The van der Waals surface area contributed by atoms with Crippen molar-refractivity contribution in [2.45, 2.75) is 68.8 Å². The van der Waals surface area contributed by atoms with Crippen LogP contribution >= 0.6 is 0 Å². The van der Waals surface area contributed by atoms with Crippen LogP contribution in [0.15, 0.2) is 59.5 Å². The van der Waals surface area contributed by atoms with Crippen molar-refractivity contribution in [3.63, 3.8) is 0 Å². The number of amides is 1. The molecular formula is C28H39N3O6S. The van der Waals surface area contributed by atoms with Crippen LogP contribution in [0.3, 0.4) is 0 Å². The molecular weight excluding hydrogens is 506 g/mol. The Labute approximate surface area is 225 Å². The molecule has 9 nitrogen and oxygen atoms in total. The number of fused-ring (bicyclic) bond motifs is 1. The van der Waals surface area contributed by atoms with Crippen molar-refractivity contribution in [2.24, 2.45) is 11.8 Å². The molecule has 2 fully saturated rings. The van der Waals surface area contributed by atoms with E-state index >= 15 is 0 Å². The summed E-state index contributed by atoms with van der Waals surface area (Å²) in [5.41, 5.74) is 7.11. The standard InChI is InChI=1S/C28H39N3O6S/c1-19(2)17-31(38(34,35)24-10-8-22(29)9-11-24)18-26(32)25(14-20-6-4-3-5-7-20)30-28(33)37-23-15-21-12-13-36-27(21)16-23/h3-11,19,21,23,25-27,32H,12-18,29H2,1-2H3,(H,30,33)/t21-,23+,25?,26?,27+/m0/s1. The fraction of sp³-hybridized carbons (Fsp3) is 0.536. The molecule has 1 saturated heterocycles. The van der Waals surface area contributed by atoms with Gasteiger partial charge in [0.15, 0.2) is 0 Å². The molecule has 1 saturated carbocycles. The van der Waals surface area contributed by atoms with Gasteiger partial charge in [-0.1, -0.05) is 44.2 Å². The average Bonchev–Trinajstić information content (AvgIpc) is 3.45. The number of aliphatic hydroxyl groups is 1. The lowest BCUT2D eigenvalue weighted by atomic mass is 10.0. The maximum atomic E-state index is 13.5. The van der Waals surface area contributed by atoms with Crippen molar-refractivity contribution in [3.8, 4) is 0 Å². The summed E-state index contributed by atoms with van der Waals surface area (Å²) in [5.74, 6) is 0.432. The predicted octanol–water partition coefficient (Wildman–Crippen LogP) is 3.18. The van der Waals surface area contributed by atoms with Gasteiger partial charge in [0.1, 0.15) is 6.10 Å². The molecule has 208 valence electrons. The minimum atomic E-state index is -3.91. The monoisotopic (exact) mass is 545 g/mol. The minimum absolute atomic E-state index is 0.0142. The number of anilines is 1. The summed E-state index contributed by atoms with van der Waals surface area (Å²) >= 11 is 0. The Kier molecular flexibility index (Phi) is 9.30. The van der Waals surface area contributed by atoms with E-state index in [1.54, 1.807) is 0 Å². The summed E-state index contributed by atoms with van der Waals surface area (Å²) in [6, 6.07) is 14.7. The summed E-state index contributed by atoms with van der Waals surface area (Å²) in [6.07, 6.45) is 0.842. The quantitative estimate of drug-likeness (QED) is 0.370. The molecule has 0 spiro atoms. The summed E-state index contributed by atoms with van der Waals surface area (Å²) in [5, 5.41) is 14.2. The molecule has 0 aromatic heterocycles. The van der Waals surface area contributed by atoms with Gasteiger partial charge in [0.2, 0.25) is 10.0 Å². The highest BCUT2D eigenvalue weighted by Gasteiger charge is 2.40. The van der Waals surface area contributed by atoms with Crippen molar-refractivity contribution < 1.29 is 27.8 Å². The average molecular weight is 546 g/mol. The Morgan fingerprint density at radius 3 is 2.50 bits per heavy atom. The van der Waals surface area contributed by atoms with Gasteiger partial charge >= 0.3 is 6.09 Å². The Morgan fingerprint density at radius 2 is 1.84 bits per heavy atom. The summed E-state index contributed by atoms with van der Waals surface area (Å²) in [7, 11) is -3.91. The largest absolute Gasteiger partial charge is 0.446 e.